The summed E-state index contributed by atoms with van der Waals surface area (Å²) in [5.41, 5.74) is 1.21. The maximum Gasteiger partial charge on any atom is 0.254 e. The highest BCUT2D eigenvalue weighted by molar-refractivity contribution is 5.95. The number of aromatic nitrogens is 2. The van der Waals surface area contributed by atoms with Crippen molar-refractivity contribution >= 4 is 11.8 Å². The SMILES string of the molecule is CN(C)C(=O)[C@H]1CN(C(=O)c2cccc(O)c2)Cc2ccnn21. The molecule has 0 bridgehead atoms. The smallest absolute Gasteiger partial charge is 0.254 e. The predicted octanol–water partition coefficient (Wildman–Crippen LogP) is 0.874. The third kappa shape index (κ3) is 2.77. The molecule has 1 atom stereocenters. The normalized spacial score (nSPS) is 16.8. The number of carbonyl (C=O) groups is 2. The van der Waals surface area contributed by atoms with E-state index in [1.165, 1.54) is 17.0 Å². The maximum absolute atomic E-state index is 12.7. The highest BCUT2D eigenvalue weighted by atomic mass is 16.3. The van der Waals surface area contributed by atoms with Crippen LogP contribution >= 0.6 is 0 Å². The predicted molar refractivity (Wildman–Crippen MR) is 82.8 cm³/mol. The second-order valence-corrected chi connectivity index (χ2v) is 5.75. The van der Waals surface area contributed by atoms with Gasteiger partial charge in [-0.15, -0.1) is 0 Å². The van der Waals surface area contributed by atoms with Crippen molar-refractivity contribution in [2.24, 2.45) is 0 Å². The summed E-state index contributed by atoms with van der Waals surface area (Å²) in [5.74, 6) is -0.285. The molecule has 0 radical (unpaired) electrons. The number of benzene rings is 1. The quantitative estimate of drug-likeness (QED) is 0.892. The van der Waals surface area contributed by atoms with Gasteiger partial charge >= 0.3 is 0 Å². The van der Waals surface area contributed by atoms with Gasteiger partial charge in [0.25, 0.3) is 5.91 Å². The fourth-order valence-electron chi connectivity index (χ4n) is 2.75. The monoisotopic (exact) mass is 314 g/mol. The van der Waals surface area contributed by atoms with Crippen LogP contribution in [0.2, 0.25) is 0 Å². The highest BCUT2D eigenvalue weighted by Gasteiger charge is 2.34. The lowest BCUT2D eigenvalue weighted by molar-refractivity contribution is -0.133. The number of amides is 2. The lowest BCUT2D eigenvalue weighted by Gasteiger charge is -2.34. The first kappa shape index (κ1) is 15.1. The zero-order valence-corrected chi connectivity index (χ0v) is 13.0. The van der Waals surface area contributed by atoms with Gasteiger partial charge in [-0.2, -0.15) is 5.10 Å². The van der Waals surface area contributed by atoms with E-state index in [1.54, 1.807) is 48.1 Å². The van der Waals surface area contributed by atoms with Crippen LogP contribution in [0.3, 0.4) is 0 Å². The number of fused-ring (bicyclic) bond motifs is 1. The Morgan fingerprint density at radius 1 is 1.30 bits per heavy atom. The standard InChI is InChI=1S/C16H18N4O3/c1-18(2)16(23)14-10-19(9-12-6-7-17-20(12)14)15(22)11-4-3-5-13(21)8-11/h3-8,14,21H,9-10H2,1-2H3/t14-/m1/s1. The summed E-state index contributed by atoms with van der Waals surface area (Å²) in [4.78, 5) is 28.2. The van der Waals surface area contributed by atoms with E-state index in [0.717, 1.165) is 5.69 Å². The highest BCUT2D eigenvalue weighted by Crippen LogP contribution is 2.24. The number of rotatable bonds is 2. The number of likely N-dealkylation sites (N-methyl/N-ethyl adjacent to an activating group) is 1. The molecule has 23 heavy (non-hydrogen) atoms. The fourth-order valence-corrected chi connectivity index (χ4v) is 2.75. The third-order valence-electron chi connectivity index (χ3n) is 3.90. The lowest BCUT2D eigenvalue weighted by atomic mass is 10.1. The molecule has 0 saturated heterocycles. The van der Waals surface area contributed by atoms with Crippen LogP contribution in [0.15, 0.2) is 36.5 Å². The average Bonchev–Trinajstić information content (AvgIpc) is 3.00. The van der Waals surface area contributed by atoms with Crippen molar-refractivity contribution in [2.75, 3.05) is 20.6 Å². The number of phenols is 1. The van der Waals surface area contributed by atoms with E-state index in [1.807, 2.05) is 0 Å². The summed E-state index contributed by atoms with van der Waals surface area (Å²) < 4.78 is 1.68. The molecule has 2 amide bonds. The molecule has 120 valence electrons. The van der Waals surface area contributed by atoms with Crippen molar-refractivity contribution in [3.05, 3.63) is 47.8 Å². The van der Waals surface area contributed by atoms with Crippen molar-refractivity contribution in [1.29, 1.82) is 0 Å². The molecule has 0 fully saturated rings. The molecular weight excluding hydrogens is 296 g/mol. The molecule has 0 spiro atoms. The third-order valence-corrected chi connectivity index (χ3v) is 3.90. The van der Waals surface area contributed by atoms with Crippen LogP contribution in [-0.4, -0.2) is 57.1 Å². The van der Waals surface area contributed by atoms with E-state index in [0.29, 0.717) is 12.1 Å². The summed E-state index contributed by atoms with van der Waals surface area (Å²) >= 11 is 0. The summed E-state index contributed by atoms with van der Waals surface area (Å²) in [6.07, 6.45) is 1.63. The van der Waals surface area contributed by atoms with E-state index in [-0.39, 0.29) is 24.1 Å². The number of aromatic hydroxyl groups is 1. The Kier molecular flexibility index (Phi) is 3.77. The zero-order chi connectivity index (χ0) is 16.6. The molecule has 3 rings (SSSR count). The van der Waals surface area contributed by atoms with Crippen LogP contribution in [0, 0.1) is 0 Å². The molecule has 7 heteroatoms. The number of phenolic OH excluding ortho intramolecular Hbond substituents is 1. The summed E-state index contributed by atoms with van der Waals surface area (Å²) in [6, 6.07) is 7.48. The van der Waals surface area contributed by atoms with E-state index in [9.17, 15) is 14.7 Å². The summed E-state index contributed by atoms with van der Waals surface area (Å²) in [6.45, 7) is 0.631. The number of carbonyl (C=O) groups excluding carboxylic acids is 2. The van der Waals surface area contributed by atoms with Crippen molar-refractivity contribution in [3.63, 3.8) is 0 Å². The molecule has 2 heterocycles. The van der Waals surface area contributed by atoms with E-state index < -0.39 is 6.04 Å². The van der Waals surface area contributed by atoms with Gasteiger partial charge in [0.1, 0.15) is 11.8 Å². The van der Waals surface area contributed by atoms with Crippen LogP contribution < -0.4 is 0 Å². The molecule has 7 nitrogen and oxygen atoms in total. The van der Waals surface area contributed by atoms with Gasteiger partial charge in [-0.3, -0.25) is 14.3 Å². The largest absolute Gasteiger partial charge is 0.508 e. The zero-order valence-electron chi connectivity index (χ0n) is 13.0. The number of hydrogen-bond donors (Lipinski definition) is 1. The van der Waals surface area contributed by atoms with Gasteiger partial charge in [-0.05, 0) is 24.3 Å². The topological polar surface area (TPSA) is 78.7 Å². The molecule has 1 aliphatic heterocycles. The summed E-state index contributed by atoms with van der Waals surface area (Å²) in [5, 5.41) is 13.8. The van der Waals surface area contributed by atoms with Crippen LogP contribution in [0.25, 0.3) is 0 Å². The van der Waals surface area contributed by atoms with Gasteiger partial charge in [0, 0.05) is 25.9 Å². The van der Waals surface area contributed by atoms with Crippen molar-refractivity contribution in [1.82, 2.24) is 19.6 Å². The van der Waals surface area contributed by atoms with E-state index >= 15 is 0 Å². The Balaban J connectivity index is 1.91. The lowest BCUT2D eigenvalue weighted by Crippen LogP contribution is -2.46. The Morgan fingerprint density at radius 2 is 2.09 bits per heavy atom. The van der Waals surface area contributed by atoms with Crippen molar-refractivity contribution in [3.8, 4) is 5.75 Å². The molecular formula is C16H18N4O3. The van der Waals surface area contributed by atoms with Crippen LogP contribution in [0.5, 0.6) is 5.75 Å². The van der Waals surface area contributed by atoms with Crippen LogP contribution in [-0.2, 0) is 11.3 Å². The Morgan fingerprint density at radius 3 is 2.78 bits per heavy atom. The molecule has 1 aliphatic rings. The molecule has 0 unspecified atom stereocenters. The van der Waals surface area contributed by atoms with Crippen molar-refractivity contribution < 1.29 is 14.7 Å². The minimum absolute atomic E-state index is 0.0406. The minimum Gasteiger partial charge on any atom is -0.508 e. The van der Waals surface area contributed by atoms with Gasteiger partial charge in [0.15, 0.2) is 0 Å². The first-order chi connectivity index (χ1) is 11.0. The second kappa shape index (κ2) is 5.75. The second-order valence-electron chi connectivity index (χ2n) is 5.75. The van der Waals surface area contributed by atoms with E-state index in [2.05, 4.69) is 5.10 Å². The van der Waals surface area contributed by atoms with Gasteiger partial charge in [-0.1, -0.05) is 6.07 Å². The summed E-state index contributed by atoms with van der Waals surface area (Å²) in [7, 11) is 3.36. The van der Waals surface area contributed by atoms with Gasteiger partial charge in [0.05, 0.1) is 18.8 Å². The molecule has 1 aromatic heterocycles. The fraction of sp³-hybridized carbons (Fsp3) is 0.312. The van der Waals surface area contributed by atoms with Gasteiger partial charge < -0.3 is 14.9 Å². The molecule has 1 N–H and O–H groups in total. The molecule has 0 saturated carbocycles. The molecule has 2 aromatic rings. The Hall–Kier alpha value is -2.83. The first-order valence-corrected chi connectivity index (χ1v) is 7.29. The van der Waals surface area contributed by atoms with Gasteiger partial charge in [0.2, 0.25) is 5.91 Å². The number of hydrogen-bond acceptors (Lipinski definition) is 4. The van der Waals surface area contributed by atoms with Crippen LogP contribution in [0.4, 0.5) is 0 Å². The van der Waals surface area contributed by atoms with Gasteiger partial charge in [-0.25, -0.2) is 0 Å². The first-order valence-electron chi connectivity index (χ1n) is 7.29. The average molecular weight is 314 g/mol. The Labute approximate surface area is 133 Å². The minimum atomic E-state index is -0.537. The molecule has 1 aromatic carbocycles. The van der Waals surface area contributed by atoms with Crippen molar-refractivity contribution in [2.45, 2.75) is 12.6 Å². The van der Waals surface area contributed by atoms with Crippen LogP contribution in [0.1, 0.15) is 22.1 Å². The number of nitrogens with zero attached hydrogens (tertiary/aromatic N) is 4. The van der Waals surface area contributed by atoms with E-state index in [4.69, 9.17) is 0 Å². The molecule has 0 aliphatic carbocycles. The maximum atomic E-state index is 12.7. The Bertz CT molecular complexity index is 753.